The molecule has 0 unspecified atom stereocenters. The first-order valence-electron chi connectivity index (χ1n) is 4.07. The summed E-state index contributed by atoms with van der Waals surface area (Å²) in [6.07, 6.45) is 0. The Labute approximate surface area is 89.8 Å². The van der Waals surface area contributed by atoms with Crippen molar-refractivity contribution in [3.05, 3.63) is 35.0 Å². The molecular formula is C10H9BrN2O. The lowest BCUT2D eigenvalue weighted by Crippen LogP contribution is -1.93. The molecule has 72 valence electrons. The van der Waals surface area contributed by atoms with Gasteiger partial charge in [0.05, 0.1) is 11.4 Å². The highest BCUT2D eigenvalue weighted by atomic mass is 79.9. The summed E-state index contributed by atoms with van der Waals surface area (Å²) < 4.78 is 6.08. The molecule has 0 amide bonds. The SMILES string of the molecule is Nc1ccc(-c2ccc(Br)o2)cc1N. The average Bonchev–Trinajstić information content (AvgIpc) is 2.57. The first-order chi connectivity index (χ1) is 6.66. The van der Waals surface area contributed by atoms with E-state index in [4.69, 9.17) is 15.9 Å². The Morgan fingerprint density at radius 1 is 1.00 bits per heavy atom. The predicted octanol–water partition coefficient (Wildman–Crippen LogP) is 2.87. The second-order valence-corrected chi connectivity index (χ2v) is 3.73. The number of anilines is 2. The molecule has 0 saturated heterocycles. The van der Waals surface area contributed by atoms with Gasteiger partial charge in [0.25, 0.3) is 0 Å². The van der Waals surface area contributed by atoms with Crippen molar-refractivity contribution in [2.24, 2.45) is 0 Å². The quantitative estimate of drug-likeness (QED) is 0.768. The first kappa shape index (κ1) is 9.15. The molecule has 3 nitrogen and oxygen atoms in total. The van der Waals surface area contributed by atoms with Crippen molar-refractivity contribution in [2.45, 2.75) is 0 Å². The third kappa shape index (κ3) is 1.61. The molecule has 2 rings (SSSR count). The van der Waals surface area contributed by atoms with Gasteiger partial charge in [-0.1, -0.05) is 0 Å². The van der Waals surface area contributed by atoms with Crippen LogP contribution >= 0.6 is 15.9 Å². The minimum Gasteiger partial charge on any atom is -0.449 e. The van der Waals surface area contributed by atoms with Crippen molar-refractivity contribution in [2.75, 3.05) is 11.5 Å². The third-order valence-electron chi connectivity index (χ3n) is 1.94. The van der Waals surface area contributed by atoms with E-state index in [-0.39, 0.29) is 0 Å². The lowest BCUT2D eigenvalue weighted by Gasteiger charge is -2.01. The number of halogens is 1. The molecule has 2 aromatic rings. The highest BCUT2D eigenvalue weighted by molar-refractivity contribution is 9.10. The summed E-state index contributed by atoms with van der Waals surface area (Å²) in [5.74, 6) is 0.767. The summed E-state index contributed by atoms with van der Waals surface area (Å²) >= 11 is 3.24. The Morgan fingerprint density at radius 3 is 2.36 bits per heavy atom. The maximum absolute atomic E-state index is 5.69. The average molecular weight is 253 g/mol. The molecule has 0 bridgehead atoms. The van der Waals surface area contributed by atoms with Gasteiger partial charge >= 0.3 is 0 Å². The van der Waals surface area contributed by atoms with Crippen molar-refractivity contribution in [1.29, 1.82) is 0 Å². The minimum absolute atomic E-state index is 0.565. The zero-order chi connectivity index (χ0) is 10.1. The van der Waals surface area contributed by atoms with Crippen LogP contribution in [0.4, 0.5) is 11.4 Å². The van der Waals surface area contributed by atoms with Crippen molar-refractivity contribution >= 4 is 27.3 Å². The molecule has 4 heteroatoms. The van der Waals surface area contributed by atoms with Crippen LogP contribution in [0.2, 0.25) is 0 Å². The van der Waals surface area contributed by atoms with Crippen LogP contribution in [0, 0.1) is 0 Å². The lowest BCUT2D eigenvalue weighted by molar-refractivity contribution is 0.556. The summed E-state index contributed by atoms with van der Waals surface area (Å²) in [4.78, 5) is 0. The van der Waals surface area contributed by atoms with Gasteiger partial charge in [0.15, 0.2) is 4.67 Å². The third-order valence-corrected chi connectivity index (χ3v) is 2.37. The van der Waals surface area contributed by atoms with Gasteiger partial charge in [-0.3, -0.25) is 0 Å². The molecule has 0 spiro atoms. The van der Waals surface area contributed by atoms with Crippen molar-refractivity contribution in [3.63, 3.8) is 0 Å². The molecule has 1 aromatic heterocycles. The molecule has 0 aliphatic heterocycles. The van der Waals surface area contributed by atoms with Gasteiger partial charge in [0.1, 0.15) is 5.76 Å². The number of nitrogen functional groups attached to an aromatic ring is 2. The zero-order valence-corrected chi connectivity index (χ0v) is 8.91. The predicted molar refractivity (Wildman–Crippen MR) is 60.7 cm³/mol. The van der Waals surface area contributed by atoms with Gasteiger partial charge in [0, 0.05) is 5.56 Å². The van der Waals surface area contributed by atoms with Crippen molar-refractivity contribution in [1.82, 2.24) is 0 Å². The molecule has 0 aliphatic carbocycles. The van der Waals surface area contributed by atoms with Gasteiger partial charge in [-0.15, -0.1) is 0 Å². The van der Waals surface area contributed by atoms with E-state index in [0.717, 1.165) is 11.3 Å². The molecule has 1 heterocycles. The highest BCUT2D eigenvalue weighted by Gasteiger charge is 2.04. The fraction of sp³-hybridized carbons (Fsp3) is 0. The number of rotatable bonds is 1. The molecule has 0 saturated carbocycles. The monoisotopic (exact) mass is 252 g/mol. The van der Waals surface area contributed by atoms with Crippen LogP contribution in [0.3, 0.4) is 0 Å². The van der Waals surface area contributed by atoms with Gasteiger partial charge in [-0.05, 0) is 46.3 Å². The fourth-order valence-corrected chi connectivity index (χ4v) is 1.50. The van der Waals surface area contributed by atoms with Gasteiger partial charge in [-0.25, -0.2) is 0 Å². The molecule has 0 aliphatic rings. The van der Waals surface area contributed by atoms with Crippen LogP contribution in [0.5, 0.6) is 0 Å². The first-order valence-corrected chi connectivity index (χ1v) is 4.87. The second-order valence-electron chi connectivity index (χ2n) is 2.95. The second kappa shape index (κ2) is 3.38. The Kier molecular flexibility index (Phi) is 2.21. The topological polar surface area (TPSA) is 65.2 Å². The van der Waals surface area contributed by atoms with E-state index in [1.54, 1.807) is 12.1 Å². The number of benzene rings is 1. The maximum Gasteiger partial charge on any atom is 0.169 e. The Hall–Kier alpha value is -1.42. The number of hydrogen-bond donors (Lipinski definition) is 2. The number of nitrogens with two attached hydrogens (primary N) is 2. The minimum atomic E-state index is 0.565. The van der Waals surface area contributed by atoms with Gasteiger partial charge in [0.2, 0.25) is 0 Å². The van der Waals surface area contributed by atoms with Crippen LogP contribution in [0.1, 0.15) is 0 Å². The van der Waals surface area contributed by atoms with Gasteiger partial charge < -0.3 is 15.9 Å². The summed E-state index contributed by atoms with van der Waals surface area (Å²) in [6.45, 7) is 0. The van der Waals surface area contributed by atoms with E-state index in [1.165, 1.54) is 0 Å². The maximum atomic E-state index is 5.69. The van der Waals surface area contributed by atoms with E-state index in [0.29, 0.717) is 16.0 Å². The molecule has 1 aromatic carbocycles. The van der Waals surface area contributed by atoms with Crippen molar-refractivity contribution < 1.29 is 4.42 Å². The molecule has 14 heavy (non-hydrogen) atoms. The van der Waals surface area contributed by atoms with Crippen molar-refractivity contribution in [3.8, 4) is 11.3 Å². The Bertz CT molecular complexity index is 465. The van der Waals surface area contributed by atoms with E-state index < -0.39 is 0 Å². The lowest BCUT2D eigenvalue weighted by atomic mass is 10.1. The smallest absolute Gasteiger partial charge is 0.169 e. The van der Waals surface area contributed by atoms with Crippen LogP contribution in [-0.4, -0.2) is 0 Å². The summed E-state index contributed by atoms with van der Waals surface area (Å²) in [7, 11) is 0. The van der Waals surface area contributed by atoms with E-state index in [2.05, 4.69) is 15.9 Å². The molecule has 0 atom stereocenters. The van der Waals surface area contributed by atoms with E-state index in [1.807, 2.05) is 18.2 Å². The fourth-order valence-electron chi connectivity index (χ4n) is 1.20. The molecular weight excluding hydrogens is 244 g/mol. The van der Waals surface area contributed by atoms with E-state index in [9.17, 15) is 0 Å². The molecule has 0 radical (unpaired) electrons. The number of furan rings is 1. The Balaban J connectivity index is 2.47. The van der Waals surface area contributed by atoms with E-state index >= 15 is 0 Å². The normalized spacial score (nSPS) is 10.4. The summed E-state index contributed by atoms with van der Waals surface area (Å²) in [5.41, 5.74) is 13.4. The van der Waals surface area contributed by atoms with Gasteiger partial charge in [-0.2, -0.15) is 0 Å². The van der Waals surface area contributed by atoms with Crippen LogP contribution in [0.15, 0.2) is 39.4 Å². The van der Waals surface area contributed by atoms with Crippen LogP contribution in [-0.2, 0) is 0 Å². The number of hydrogen-bond acceptors (Lipinski definition) is 3. The summed E-state index contributed by atoms with van der Waals surface area (Å²) in [5, 5.41) is 0. The van der Waals surface area contributed by atoms with Crippen LogP contribution < -0.4 is 11.5 Å². The van der Waals surface area contributed by atoms with Crippen LogP contribution in [0.25, 0.3) is 11.3 Å². The standard InChI is InChI=1S/C10H9BrN2O/c11-10-4-3-9(14-10)6-1-2-7(12)8(13)5-6/h1-5H,12-13H2. The molecule has 0 fully saturated rings. The molecule has 4 N–H and O–H groups in total. The summed E-state index contributed by atoms with van der Waals surface area (Å²) in [6, 6.07) is 9.13. The Morgan fingerprint density at radius 2 is 1.79 bits per heavy atom. The largest absolute Gasteiger partial charge is 0.449 e. The highest BCUT2D eigenvalue weighted by Crippen LogP contribution is 2.28. The zero-order valence-electron chi connectivity index (χ0n) is 7.33.